The Morgan fingerprint density at radius 1 is 1.40 bits per heavy atom. The van der Waals surface area contributed by atoms with E-state index in [0.717, 1.165) is 25.5 Å². The van der Waals surface area contributed by atoms with E-state index in [-0.39, 0.29) is 5.60 Å². The Labute approximate surface area is 94.6 Å². The van der Waals surface area contributed by atoms with Crippen molar-refractivity contribution in [3.05, 3.63) is 0 Å². The van der Waals surface area contributed by atoms with Crippen molar-refractivity contribution < 1.29 is 4.74 Å². The van der Waals surface area contributed by atoms with Crippen LogP contribution in [0.4, 0.5) is 0 Å². The van der Waals surface area contributed by atoms with Gasteiger partial charge in [-0.25, -0.2) is 0 Å². The lowest BCUT2D eigenvalue weighted by molar-refractivity contribution is -0.0178. The molecule has 1 aliphatic carbocycles. The molecule has 1 aliphatic rings. The van der Waals surface area contributed by atoms with Gasteiger partial charge in [0.15, 0.2) is 0 Å². The highest BCUT2D eigenvalue weighted by Gasteiger charge is 2.35. The van der Waals surface area contributed by atoms with E-state index in [9.17, 15) is 0 Å². The van der Waals surface area contributed by atoms with Crippen LogP contribution in [0.5, 0.6) is 0 Å². The lowest BCUT2D eigenvalue weighted by Gasteiger charge is -2.29. The summed E-state index contributed by atoms with van der Waals surface area (Å²) in [4.78, 5) is 0. The molecule has 2 unspecified atom stereocenters. The number of hydrogen-bond acceptors (Lipinski definition) is 2. The van der Waals surface area contributed by atoms with Crippen LogP contribution in [0, 0.1) is 11.3 Å². The molecule has 1 fully saturated rings. The van der Waals surface area contributed by atoms with E-state index in [1.807, 2.05) is 0 Å². The summed E-state index contributed by atoms with van der Waals surface area (Å²) in [5, 5.41) is 0. The van der Waals surface area contributed by atoms with Gasteiger partial charge in [-0.2, -0.15) is 0 Å². The van der Waals surface area contributed by atoms with E-state index in [0.29, 0.717) is 5.41 Å². The van der Waals surface area contributed by atoms with Gasteiger partial charge in [0.2, 0.25) is 0 Å². The molecule has 0 heterocycles. The first-order valence-corrected chi connectivity index (χ1v) is 6.21. The fourth-order valence-corrected chi connectivity index (χ4v) is 2.58. The largest absolute Gasteiger partial charge is 0.376 e. The highest BCUT2D eigenvalue weighted by Crippen LogP contribution is 2.43. The smallest absolute Gasteiger partial charge is 0.0598 e. The molecule has 0 aromatic rings. The standard InChI is InChI=1S/C13H27NO/c1-11-5-6-13(9-11,10-14)7-8-15-12(2,3)4/h11H,5-10,14H2,1-4H3. The minimum Gasteiger partial charge on any atom is -0.376 e. The summed E-state index contributed by atoms with van der Waals surface area (Å²) >= 11 is 0. The van der Waals surface area contributed by atoms with Gasteiger partial charge in [0.1, 0.15) is 0 Å². The Morgan fingerprint density at radius 3 is 2.47 bits per heavy atom. The monoisotopic (exact) mass is 213 g/mol. The van der Waals surface area contributed by atoms with Crippen molar-refractivity contribution in [1.29, 1.82) is 0 Å². The molecule has 2 nitrogen and oxygen atoms in total. The van der Waals surface area contributed by atoms with Gasteiger partial charge in [0.25, 0.3) is 0 Å². The molecular weight excluding hydrogens is 186 g/mol. The van der Waals surface area contributed by atoms with E-state index in [2.05, 4.69) is 27.7 Å². The van der Waals surface area contributed by atoms with Gasteiger partial charge in [-0.15, -0.1) is 0 Å². The molecule has 90 valence electrons. The molecule has 0 aliphatic heterocycles. The summed E-state index contributed by atoms with van der Waals surface area (Å²) in [5.41, 5.74) is 6.29. The highest BCUT2D eigenvalue weighted by atomic mass is 16.5. The molecule has 1 saturated carbocycles. The van der Waals surface area contributed by atoms with E-state index >= 15 is 0 Å². The minimum atomic E-state index is -0.0139. The van der Waals surface area contributed by atoms with Crippen LogP contribution in [-0.4, -0.2) is 18.8 Å². The second-order valence-electron chi connectivity index (χ2n) is 6.26. The van der Waals surface area contributed by atoms with Crippen molar-refractivity contribution in [2.45, 2.75) is 59.0 Å². The molecule has 2 heteroatoms. The van der Waals surface area contributed by atoms with Gasteiger partial charge in [-0.3, -0.25) is 0 Å². The fourth-order valence-electron chi connectivity index (χ4n) is 2.58. The zero-order chi connectivity index (χ0) is 11.5. The molecular formula is C13H27NO. The van der Waals surface area contributed by atoms with E-state index < -0.39 is 0 Å². The fraction of sp³-hybridized carbons (Fsp3) is 1.00. The maximum Gasteiger partial charge on any atom is 0.0598 e. The summed E-state index contributed by atoms with van der Waals surface area (Å²) in [6, 6.07) is 0. The average Bonchev–Trinajstić information content (AvgIpc) is 2.46. The normalized spacial score (nSPS) is 32.2. The molecule has 2 atom stereocenters. The number of hydrogen-bond donors (Lipinski definition) is 1. The van der Waals surface area contributed by atoms with Gasteiger partial charge in [-0.1, -0.05) is 13.3 Å². The van der Waals surface area contributed by atoms with Crippen LogP contribution in [0.1, 0.15) is 53.4 Å². The van der Waals surface area contributed by atoms with Crippen LogP contribution in [0.2, 0.25) is 0 Å². The van der Waals surface area contributed by atoms with Crippen molar-refractivity contribution in [1.82, 2.24) is 0 Å². The average molecular weight is 213 g/mol. The van der Waals surface area contributed by atoms with Gasteiger partial charge in [0.05, 0.1) is 5.60 Å². The van der Waals surface area contributed by atoms with Gasteiger partial charge >= 0.3 is 0 Å². The lowest BCUT2D eigenvalue weighted by Crippen LogP contribution is -2.31. The van der Waals surface area contributed by atoms with Crippen LogP contribution < -0.4 is 5.73 Å². The first-order chi connectivity index (χ1) is 6.87. The van der Waals surface area contributed by atoms with Crippen LogP contribution in [0.25, 0.3) is 0 Å². The highest BCUT2D eigenvalue weighted by molar-refractivity contribution is 4.88. The van der Waals surface area contributed by atoms with E-state index in [1.165, 1.54) is 19.3 Å². The van der Waals surface area contributed by atoms with Crippen molar-refractivity contribution in [2.75, 3.05) is 13.2 Å². The predicted octanol–water partition coefficient (Wildman–Crippen LogP) is 2.96. The second kappa shape index (κ2) is 4.84. The molecule has 1 rings (SSSR count). The zero-order valence-corrected chi connectivity index (χ0v) is 10.8. The summed E-state index contributed by atoms with van der Waals surface area (Å²) in [6.45, 7) is 10.3. The number of rotatable bonds is 4. The van der Waals surface area contributed by atoms with E-state index in [4.69, 9.17) is 10.5 Å². The molecule has 0 spiro atoms. The van der Waals surface area contributed by atoms with Crippen molar-refractivity contribution >= 4 is 0 Å². The first kappa shape index (κ1) is 13.0. The molecule has 15 heavy (non-hydrogen) atoms. The Hall–Kier alpha value is -0.0800. The summed E-state index contributed by atoms with van der Waals surface area (Å²) in [6.07, 6.45) is 5.05. The van der Waals surface area contributed by atoms with Crippen molar-refractivity contribution in [3.8, 4) is 0 Å². The van der Waals surface area contributed by atoms with E-state index in [1.54, 1.807) is 0 Å². The third-order valence-corrected chi connectivity index (χ3v) is 3.55. The quantitative estimate of drug-likeness (QED) is 0.779. The summed E-state index contributed by atoms with van der Waals surface area (Å²) < 4.78 is 5.80. The molecule has 0 amide bonds. The third-order valence-electron chi connectivity index (χ3n) is 3.55. The second-order valence-corrected chi connectivity index (χ2v) is 6.26. The van der Waals surface area contributed by atoms with Crippen LogP contribution in [-0.2, 0) is 4.74 Å². The predicted molar refractivity (Wildman–Crippen MR) is 64.8 cm³/mol. The maximum atomic E-state index is 5.93. The Kier molecular flexibility index (Phi) is 4.19. The minimum absolute atomic E-state index is 0.0139. The molecule has 0 radical (unpaired) electrons. The van der Waals surface area contributed by atoms with Crippen LogP contribution in [0.3, 0.4) is 0 Å². The van der Waals surface area contributed by atoms with Gasteiger partial charge in [0, 0.05) is 6.61 Å². The first-order valence-electron chi connectivity index (χ1n) is 6.21. The Morgan fingerprint density at radius 2 is 2.07 bits per heavy atom. The SMILES string of the molecule is CC1CCC(CN)(CCOC(C)(C)C)C1. The van der Waals surface area contributed by atoms with Crippen LogP contribution in [0.15, 0.2) is 0 Å². The Balaban J connectivity index is 2.35. The molecule has 0 aromatic carbocycles. The van der Waals surface area contributed by atoms with Crippen LogP contribution >= 0.6 is 0 Å². The molecule has 0 aromatic heterocycles. The topological polar surface area (TPSA) is 35.2 Å². The molecule has 0 bridgehead atoms. The van der Waals surface area contributed by atoms with Gasteiger partial charge in [-0.05, 0) is 57.9 Å². The lowest BCUT2D eigenvalue weighted by atomic mass is 9.82. The number of ether oxygens (including phenoxy) is 1. The van der Waals surface area contributed by atoms with Gasteiger partial charge < -0.3 is 10.5 Å². The van der Waals surface area contributed by atoms with Crippen molar-refractivity contribution in [2.24, 2.45) is 17.1 Å². The third kappa shape index (κ3) is 4.12. The molecule has 2 N–H and O–H groups in total. The Bertz CT molecular complexity index is 197. The summed E-state index contributed by atoms with van der Waals surface area (Å²) in [5.74, 6) is 0.850. The maximum absolute atomic E-state index is 5.93. The van der Waals surface area contributed by atoms with Crippen molar-refractivity contribution in [3.63, 3.8) is 0 Å². The number of nitrogens with two attached hydrogens (primary N) is 1. The molecule has 0 saturated heterocycles. The summed E-state index contributed by atoms with van der Waals surface area (Å²) in [7, 11) is 0. The zero-order valence-electron chi connectivity index (χ0n) is 10.8.